The van der Waals surface area contributed by atoms with Crippen LogP contribution in [0.1, 0.15) is 11.1 Å². The fourth-order valence-electron chi connectivity index (χ4n) is 2.69. The minimum atomic E-state index is -1.71. The normalized spacial score (nSPS) is 26.2. The maximum atomic E-state index is 14.6. The zero-order valence-corrected chi connectivity index (χ0v) is 10.3. The molecule has 1 aromatic carbocycles. The molecule has 3 heterocycles. The number of para-hydroxylation sites is 1. The Hall–Kier alpha value is -2.63. The Balaban J connectivity index is 2.08. The van der Waals surface area contributed by atoms with Crippen LogP contribution in [0.3, 0.4) is 0 Å². The summed E-state index contributed by atoms with van der Waals surface area (Å²) in [6.45, 7) is 0. The lowest BCUT2D eigenvalue weighted by molar-refractivity contribution is 0.0215. The number of nitrogens with zero attached hydrogens (tertiary/aromatic N) is 2. The van der Waals surface area contributed by atoms with Gasteiger partial charge < -0.3 is 15.2 Å². The van der Waals surface area contributed by atoms with Gasteiger partial charge in [-0.3, -0.25) is 0 Å². The summed E-state index contributed by atoms with van der Waals surface area (Å²) in [5.74, 6) is 0.819. The molecule has 0 bridgehead atoms. The number of pyridine rings is 1. The van der Waals surface area contributed by atoms with Crippen molar-refractivity contribution in [3.05, 3.63) is 53.7 Å². The fourth-order valence-corrected chi connectivity index (χ4v) is 2.69. The van der Waals surface area contributed by atoms with Gasteiger partial charge in [-0.15, -0.1) is 0 Å². The Kier molecular flexibility index (Phi) is 2.07. The number of aliphatic imine (C=N–C) groups is 1. The summed E-state index contributed by atoms with van der Waals surface area (Å²) in [4.78, 5) is 8.36. The van der Waals surface area contributed by atoms with Crippen molar-refractivity contribution in [2.75, 3.05) is 0 Å². The summed E-state index contributed by atoms with van der Waals surface area (Å²) >= 11 is 0. The van der Waals surface area contributed by atoms with Crippen molar-refractivity contribution < 1.29 is 13.9 Å². The van der Waals surface area contributed by atoms with Gasteiger partial charge in [-0.2, -0.15) is 4.39 Å². The van der Waals surface area contributed by atoms with Crippen molar-refractivity contribution in [3.8, 4) is 11.6 Å². The molecule has 2 unspecified atom stereocenters. The highest BCUT2D eigenvalue weighted by molar-refractivity contribution is 5.76. The summed E-state index contributed by atoms with van der Waals surface area (Å²) in [5, 5.41) is 0. The first-order valence-corrected chi connectivity index (χ1v) is 6.11. The summed E-state index contributed by atoms with van der Waals surface area (Å²) in [6, 6.07) is 10.3. The second-order valence-electron chi connectivity index (χ2n) is 4.60. The molecule has 0 saturated heterocycles. The van der Waals surface area contributed by atoms with Gasteiger partial charge >= 0.3 is 0 Å². The molecule has 1 spiro atoms. The summed E-state index contributed by atoms with van der Waals surface area (Å²) in [6.07, 6.45) is -0.133. The highest BCUT2D eigenvalue weighted by atomic mass is 19.1. The third-order valence-corrected chi connectivity index (χ3v) is 3.53. The molecule has 0 saturated carbocycles. The van der Waals surface area contributed by atoms with Crippen molar-refractivity contribution in [2.24, 2.45) is 10.7 Å². The van der Waals surface area contributed by atoms with Crippen molar-refractivity contribution >= 4 is 6.02 Å². The summed E-state index contributed by atoms with van der Waals surface area (Å²) < 4.78 is 25.2. The van der Waals surface area contributed by atoms with Crippen LogP contribution in [0.4, 0.5) is 4.39 Å². The van der Waals surface area contributed by atoms with Gasteiger partial charge in [0.25, 0.3) is 12.4 Å². The summed E-state index contributed by atoms with van der Waals surface area (Å²) in [5.41, 5.74) is 5.31. The van der Waals surface area contributed by atoms with Gasteiger partial charge in [-0.25, -0.2) is 9.98 Å². The van der Waals surface area contributed by atoms with E-state index in [1.807, 2.05) is 0 Å². The first kappa shape index (κ1) is 11.2. The lowest BCUT2D eigenvalue weighted by Crippen LogP contribution is -2.36. The molecule has 2 aliphatic heterocycles. The van der Waals surface area contributed by atoms with Gasteiger partial charge in [0.05, 0.1) is 5.56 Å². The predicted molar refractivity (Wildman–Crippen MR) is 69.1 cm³/mol. The highest BCUT2D eigenvalue weighted by Gasteiger charge is 2.55. The monoisotopic (exact) mass is 271 g/mol. The van der Waals surface area contributed by atoms with Gasteiger partial charge in [-0.05, 0) is 18.2 Å². The molecule has 0 fully saturated rings. The van der Waals surface area contributed by atoms with Crippen LogP contribution >= 0.6 is 0 Å². The molecule has 2 aliphatic rings. The standard InChI is InChI=1S/C14H10FN3O2/c15-12-14(18-13(16)20-12)8-4-1-2-6-10(8)19-11-9(14)5-3-7-17-11/h1-7,12H,(H2,16,18). The molecule has 100 valence electrons. The predicted octanol–water partition coefficient (Wildman–Crippen LogP) is 2.07. The Morgan fingerprint density at radius 2 is 1.95 bits per heavy atom. The molecule has 6 heteroatoms. The van der Waals surface area contributed by atoms with E-state index < -0.39 is 11.9 Å². The van der Waals surface area contributed by atoms with E-state index in [4.69, 9.17) is 15.2 Å². The quantitative estimate of drug-likeness (QED) is 0.796. The van der Waals surface area contributed by atoms with Crippen molar-refractivity contribution in [1.82, 2.24) is 4.98 Å². The largest absolute Gasteiger partial charge is 0.438 e. The smallest absolute Gasteiger partial charge is 0.286 e. The first-order chi connectivity index (χ1) is 9.72. The number of hydrogen-bond acceptors (Lipinski definition) is 5. The molecule has 20 heavy (non-hydrogen) atoms. The third-order valence-electron chi connectivity index (χ3n) is 3.53. The number of amidine groups is 1. The molecule has 2 atom stereocenters. The SMILES string of the molecule is NC1=NC2(c3ccccc3Oc3ncccc32)C(F)O1. The minimum Gasteiger partial charge on any atom is -0.438 e. The molecule has 1 aromatic heterocycles. The van der Waals surface area contributed by atoms with Crippen LogP contribution < -0.4 is 10.5 Å². The van der Waals surface area contributed by atoms with Crippen molar-refractivity contribution in [1.29, 1.82) is 0 Å². The topological polar surface area (TPSA) is 69.7 Å². The number of benzene rings is 1. The van der Waals surface area contributed by atoms with Gasteiger partial charge in [0.15, 0.2) is 5.54 Å². The second kappa shape index (κ2) is 3.69. The van der Waals surface area contributed by atoms with Crippen LogP contribution in [-0.4, -0.2) is 17.4 Å². The van der Waals surface area contributed by atoms with Crippen LogP contribution in [0.2, 0.25) is 0 Å². The summed E-state index contributed by atoms with van der Waals surface area (Å²) in [7, 11) is 0. The van der Waals surface area contributed by atoms with Gasteiger partial charge in [-0.1, -0.05) is 18.2 Å². The number of hydrogen-bond donors (Lipinski definition) is 1. The molecule has 0 radical (unpaired) electrons. The van der Waals surface area contributed by atoms with Crippen LogP contribution in [0.25, 0.3) is 0 Å². The number of rotatable bonds is 0. The number of halogens is 1. The Labute approximate surface area is 113 Å². The highest BCUT2D eigenvalue weighted by Crippen LogP contribution is 2.52. The number of fused-ring (bicyclic) bond motifs is 4. The zero-order chi connectivity index (χ0) is 13.7. The lowest BCUT2D eigenvalue weighted by Gasteiger charge is -2.33. The Morgan fingerprint density at radius 1 is 1.15 bits per heavy atom. The van der Waals surface area contributed by atoms with Crippen molar-refractivity contribution in [3.63, 3.8) is 0 Å². The first-order valence-electron chi connectivity index (χ1n) is 6.11. The van der Waals surface area contributed by atoms with Crippen LogP contribution in [0.5, 0.6) is 11.6 Å². The Morgan fingerprint density at radius 3 is 2.75 bits per heavy atom. The Bertz CT molecular complexity index is 686. The maximum Gasteiger partial charge on any atom is 0.286 e. The van der Waals surface area contributed by atoms with E-state index in [1.165, 1.54) is 0 Å². The molecular weight excluding hydrogens is 261 g/mol. The van der Waals surface area contributed by atoms with E-state index >= 15 is 0 Å². The molecule has 2 aromatic rings. The van der Waals surface area contributed by atoms with Crippen molar-refractivity contribution in [2.45, 2.75) is 11.9 Å². The van der Waals surface area contributed by atoms with Gasteiger partial charge in [0.2, 0.25) is 5.88 Å². The molecule has 0 aliphatic carbocycles. The molecule has 2 N–H and O–H groups in total. The fraction of sp³-hybridized carbons (Fsp3) is 0.143. The van der Waals surface area contributed by atoms with Crippen LogP contribution in [0.15, 0.2) is 47.6 Å². The van der Waals surface area contributed by atoms with E-state index in [0.717, 1.165) is 0 Å². The van der Waals surface area contributed by atoms with E-state index in [1.54, 1.807) is 42.6 Å². The van der Waals surface area contributed by atoms with Crippen LogP contribution in [0, 0.1) is 0 Å². The van der Waals surface area contributed by atoms with E-state index in [9.17, 15) is 4.39 Å². The number of aromatic nitrogens is 1. The van der Waals surface area contributed by atoms with E-state index in [0.29, 0.717) is 22.8 Å². The lowest BCUT2D eigenvalue weighted by atomic mass is 9.82. The van der Waals surface area contributed by atoms with Gasteiger partial charge in [0.1, 0.15) is 5.75 Å². The zero-order valence-electron chi connectivity index (χ0n) is 10.3. The molecule has 4 rings (SSSR count). The van der Waals surface area contributed by atoms with E-state index in [-0.39, 0.29) is 6.02 Å². The number of ether oxygens (including phenoxy) is 2. The van der Waals surface area contributed by atoms with Crippen LogP contribution in [-0.2, 0) is 10.3 Å². The average molecular weight is 271 g/mol. The average Bonchev–Trinajstić information content (AvgIpc) is 2.75. The molecular formula is C14H10FN3O2. The molecule has 0 amide bonds. The van der Waals surface area contributed by atoms with E-state index in [2.05, 4.69) is 9.98 Å². The second-order valence-corrected chi connectivity index (χ2v) is 4.60. The molecule has 5 nitrogen and oxygen atoms in total. The maximum absolute atomic E-state index is 14.6. The number of alkyl halides is 1. The minimum absolute atomic E-state index is 0.177. The van der Waals surface area contributed by atoms with Gasteiger partial charge in [0, 0.05) is 11.8 Å². The number of nitrogens with two attached hydrogens (primary N) is 1. The third kappa shape index (κ3) is 1.25.